The maximum Gasteiger partial charge on any atom is 0.278 e. The molecule has 0 radical (unpaired) electrons. The number of aromatic nitrogens is 5. The number of nitrogen functional groups attached to an aromatic ring is 1. The van der Waals surface area contributed by atoms with Gasteiger partial charge in [0, 0.05) is 18.8 Å². The summed E-state index contributed by atoms with van der Waals surface area (Å²) in [5.41, 5.74) is 6.80. The first-order chi connectivity index (χ1) is 8.72. The average Bonchev–Trinajstić information content (AvgIpc) is 2.73. The van der Waals surface area contributed by atoms with Gasteiger partial charge in [-0.15, -0.1) is 0 Å². The van der Waals surface area contributed by atoms with Gasteiger partial charge in [0.15, 0.2) is 11.2 Å². The summed E-state index contributed by atoms with van der Waals surface area (Å²) in [4.78, 5) is 29.2. The van der Waals surface area contributed by atoms with Crippen molar-refractivity contribution in [3.63, 3.8) is 0 Å². The molecular formula is C11H10N6O. The zero-order valence-electron chi connectivity index (χ0n) is 9.34. The maximum absolute atomic E-state index is 11.6. The predicted octanol–water partition coefficient (Wildman–Crippen LogP) is 0.214. The van der Waals surface area contributed by atoms with Crippen LogP contribution in [0.15, 0.2) is 29.3 Å². The van der Waals surface area contributed by atoms with Gasteiger partial charge in [-0.05, 0) is 11.6 Å². The van der Waals surface area contributed by atoms with Crippen LogP contribution in [0.1, 0.15) is 11.4 Å². The van der Waals surface area contributed by atoms with Crippen molar-refractivity contribution in [3.8, 4) is 0 Å². The predicted molar refractivity (Wildman–Crippen MR) is 66.0 cm³/mol. The number of nitrogens with zero attached hydrogens (tertiary/aromatic N) is 3. The van der Waals surface area contributed by atoms with Gasteiger partial charge in [0.1, 0.15) is 5.82 Å². The second-order valence-electron chi connectivity index (χ2n) is 3.87. The van der Waals surface area contributed by atoms with E-state index in [4.69, 9.17) is 5.73 Å². The smallest absolute Gasteiger partial charge is 0.278 e. The summed E-state index contributed by atoms with van der Waals surface area (Å²) in [7, 11) is 0. The molecule has 3 rings (SSSR count). The first kappa shape index (κ1) is 10.5. The van der Waals surface area contributed by atoms with Crippen molar-refractivity contribution in [3.05, 3.63) is 46.3 Å². The van der Waals surface area contributed by atoms with Crippen LogP contribution in [0, 0.1) is 0 Å². The molecule has 90 valence electrons. The molecule has 0 fully saturated rings. The van der Waals surface area contributed by atoms with Gasteiger partial charge in [0.05, 0.1) is 0 Å². The summed E-state index contributed by atoms with van der Waals surface area (Å²) in [6.45, 7) is 0. The van der Waals surface area contributed by atoms with Gasteiger partial charge in [0.2, 0.25) is 5.95 Å². The Morgan fingerprint density at radius 2 is 2.17 bits per heavy atom. The number of fused-ring (bicyclic) bond motifs is 1. The van der Waals surface area contributed by atoms with Crippen LogP contribution >= 0.6 is 0 Å². The Labute approximate surface area is 101 Å². The fourth-order valence-corrected chi connectivity index (χ4v) is 1.75. The first-order valence-corrected chi connectivity index (χ1v) is 5.35. The Balaban J connectivity index is 2.04. The molecule has 0 aliphatic carbocycles. The van der Waals surface area contributed by atoms with Crippen molar-refractivity contribution in [1.82, 2.24) is 24.9 Å². The van der Waals surface area contributed by atoms with E-state index in [-0.39, 0.29) is 11.5 Å². The fraction of sp³-hybridized carbons (Fsp3) is 0.0909. The fourth-order valence-electron chi connectivity index (χ4n) is 1.75. The molecule has 3 aromatic heterocycles. The number of hydrogen-bond donors (Lipinski definition) is 3. The van der Waals surface area contributed by atoms with Crippen LogP contribution in [-0.2, 0) is 6.42 Å². The molecule has 0 aromatic carbocycles. The van der Waals surface area contributed by atoms with Gasteiger partial charge >= 0.3 is 0 Å². The number of aromatic amines is 2. The van der Waals surface area contributed by atoms with Crippen molar-refractivity contribution >= 4 is 17.1 Å². The Morgan fingerprint density at radius 1 is 1.28 bits per heavy atom. The number of H-pyrrole nitrogens is 2. The zero-order valence-corrected chi connectivity index (χ0v) is 9.34. The standard InChI is InChI=1S/C11H10N6O/c12-11-16-9-8(10(18)17-11)14-7(15-9)4-6-2-1-3-13-5-6/h1-3,5H,4H2,(H4,12,14,15,16,17,18). The summed E-state index contributed by atoms with van der Waals surface area (Å²) < 4.78 is 0. The molecule has 0 saturated heterocycles. The molecule has 0 bridgehead atoms. The molecule has 7 nitrogen and oxygen atoms in total. The number of nitrogens with two attached hydrogens (primary N) is 1. The minimum absolute atomic E-state index is 0.0620. The monoisotopic (exact) mass is 242 g/mol. The second kappa shape index (κ2) is 3.95. The highest BCUT2D eigenvalue weighted by Gasteiger charge is 2.08. The highest BCUT2D eigenvalue weighted by atomic mass is 16.1. The summed E-state index contributed by atoms with van der Waals surface area (Å²) in [5, 5.41) is 0. The maximum atomic E-state index is 11.6. The number of pyridine rings is 1. The van der Waals surface area contributed by atoms with E-state index >= 15 is 0 Å². The lowest BCUT2D eigenvalue weighted by molar-refractivity contribution is 1.02. The average molecular weight is 242 g/mol. The third-order valence-electron chi connectivity index (χ3n) is 2.52. The normalized spacial score (nSPS) is 10.9. The molecule has 18 heavy (non-hydrogen) atoms. The third-order valence-corrected chi connectivity index (χ3v) is 2.52. The van der Waals surface area contributed by atoms with Crippen LogP contribution in [0.25, 0.3) is 11.2 Å². The molecule has 3 heterocycles. The lowest BCUT2D eigenvalue weighted by atomic mass is 10.2. The number of hydrogen-bond acceptors (Lipinski definition) is 5. The van der Waals surface area contributed by atoms with Gasteiger partial charge in [-0.3, -0.25) is 14.8 Å². The Hall–Kier alpha value is -2.70. The summed E-state index contributed by atoms with van der Waals surface area (Å²) >= 11 is 0. The van der Waals surface area contributed by atoms with Crippen LogP contribution in [0.5, 0.6) is 0 Å². The quantitative estimate of drug-likeness (QED) is 0.594. The Bertz CT molecular complexity index is 745. The van der Waals surface area contributed by atoms with E-state index in [1.807, 2.05) is 12.1 Å². The molecule has 0 amide bonds. The van der Waals surface area contributed by atoms with Crippen molar-refractivity contribution in [2.24, 2.45) is 0 Å². The van der Waals surface area contributed by atoms with Crippen LogP contribution in [0.3, 0.4) is 0 Å². The zero-order chi connectivity index (χ0) is 12.5. The summed E-state index contributed by atoms with van der Waals surface area (Å²) in [6, 6.07) is 3.78. The molecule has 7 heteroatoms. The first-order valence-electron chi connectivity index (χ1n) is 5.35. The highest BCUT2D eigenvalue weighted by molar-refractivity contribution is 5.70. The molecule has 0 atom stereocenters. The summed E-state index contributed by atoms with van der Waals surface area (Å²) in [5.74, 6) is 0.716. The van der Waals surface area contributed by atoms with Gasteiger partial charge < -0.3 is 10.7 Å². The molecule has 4 N–H and O–H groups in total. The number of nitrogens with one attached hydrogen (secondary N) is 2. The molecule has 0 spiro atoms. The van der Waals surface area contributed by atoms with Crippen molar-refractivity contribution in [2.75, 3.05) is 5.73 Å². The van der Waals surface area contributed by atoms with Gasteiger partial charge in [0.25, 0.3) is 5.56 Å². The van der Waals surface area contributed by atoms with E-state index in [9.17, 15) is 4.79 Å². The van der Waals surface area contributed by atoms with Gasteiger partial charge in [-0.1, -0.05) is 6.07 Å². The van der Waals surface area contributed by atoms with E-state index in [1.165, 1.54) is 0 Å². The molecule has 0 unspecified atom stereocenters. The lowest BCUT2D eigenvalue weighted by Gasteiger charge is -1.95. The van der Waals surface area contributed by atoms with E-state index in [0.717, 1.165) is 5.56 Å². The lowest BCUT2D eigenvalue weighted by Crippen LogP contribution is -2.10. The van der Waals surface area contributed by atoms with Gasteiger partial charge in [-0.25, -0.2) is 4.98 Å². The van der Waals surface area contributed by atoms with Crippen LogP contribution in [-0.4, -0.2) is 24.9 Å². The van der Waals surface area contributed by atoms with Crippen molar-refractivity contribution in [2.45, 2.75) is 6.42 Å². The molecule has 0 aliphatic heterocycles. The van der Waals surface area contributed by atoms with Crippen LogP contribution in [0.4, 0.5) is 5.95 Å². The second-order valence-corrected chi connectivity index (χ2v) is 3.87. The van der Waals surface area contributed by atoms with E-state index in [2.05, 4.69) is 24.9 Å². The van der Waals surface area contributed by atoms with Crippen molar-refractivity contribution in [1.29, 1.82) is 0 Å². The minimum atomic E-state index is -0.317. The highest BCUT2D eigenvalue weighted by Crippen LogP contribution is 2.09. The van der Waals surface area contributed by atoms with E-state index in [1.54, 1.807) is 12.4 Å². The Kier molecular flexibility index (Phi) is 2.30. The summed E-state index contributed by atoms with van der Waals surface area (Å²) in [6.07, 6.45) is 4.01. The molecule has 3 aromatic rings. The third kappa shape index (κ3) is 1.81. The van der Waals surface area contributed by atoms with E-state index in [0.29, 0.717) is 23.4 Å². The van der Waals surface area contributed by atoms with E-state index < -0.39 is 0 Å². The topological polar surface area (TPSA) is 113 Å². The van der Waals surface area contributed by atoms with Gasteiger partial charge in [-0.2, -0.15) is 4.98 Å². The van der Waals surface area contributed by atoms with Crippen molar-refractivity contribution < 1.29 is 0 Å². The SMILES string of the molecule is Nc1nc2nc(Cc3cccnc3)[nH]c2c(=O)[nH]1. The van der Waals surface area contributed by atoms with Crippen LogP contribution in [0.2, 0.25) is 0 Å². The minimum Gasteiger partial charge on any atom is -0.369 e. The number of rotatable bonds is 2. The molecule has 0 saturated carbocycles. The largest absolute Gasteiger partial charge is 0.369 e. The molecule has 0 aliphatic rings. The Morgan fingerprint density at radius 3 is 2.94 bits per heavy atom. The molecular weight excluding hydrogens is 232 g/mol. The number of imidazole rings is 1. The van der Waals surface area contributed by atoms with Crippen LogP contribution < -0.4 is 11.3 Å². The number of anilines is 1.